The number of nitrogens with zero attached hydrogens (tertiary/aromatic N) is 4. The van der Waals surface area contributed by atoms with Crippen LogP contribution in [0, 0.1) is 12.1 Å². The molecule has 2 aliphatic rings. The number of allylic oxidation sites excluding steroid dienone is 2. The Bertz CT molecular complexity index is 2540. The summed E-state index contributed by atoms with van der Waals surface area (Å²) in [5.41, 5.74) is 9.37. The van der Waals surface area contributed by atoms with E-state index >= 15 is 0 Å². The molecule has 0 N–H and O–H groups in total. The van der Waals surface area contributed by atoms with Crippen LogP contribution in [0.2, 0.25) is 0 Å². The number of hydrogen-bond acceptors (Lipinski definition) is 4. The molecule has 2 aromatic heterocycles. The van der Waals surface area contributed by atoms with Crippen LogP contribution in [-0.4, -0.2) is 22.2 Å². The normalized spacial score (nSPS) is 14.5. The van der Waals surface area contributed by atoms with E-state index in [2.05, 4.69) is 164 Å². The first-order chi connectivity index (χ1) is 24.4. The molecular formula is C44H33BN4OPt. The van der Waals surface area contributed by atoms with Crippen LogP contribution in [0.1, 0.15) is 37.5 Å². The van der Waals surface area contributed by atoms with E-state index in [4.69, 9.17) is 14.6 Å². The monoisotopic (exact) mass is 839 g/mol. The summed E-state index contributed by atoms with van der Waals surface area (Å²) in [6.45, 7) is 6.46. The molecular weight excluding hydrogens is 806 g/mol. The van der Waals surface area contributed by atoms with Crippen molar-refractivity contribution in [2.75, 3.05) is 4.81 Å². The van der Waals surface area contributed by atoms with Gasteiger partial charge in [-0.2, -0.15) is 6.07 Å². The van der Waals surface area contributed by atoms with Crippen molar-refractivity contribution in [3.05, 3.63) is 175 Å². The van der Waals surface area contributed by atoms with Crippen LogP contribution in [-0.2, 0) is 26.5 Å². The van der Waals surface area contributed by atoms with Gasteiger partial charge in [0.05, 0.1) is 0 Å². The minimum absolute atomic E-state index is 0. The zero-order valence-corrected chi connectivity index (χ0v) is 30.7. The van der Waals surface area contributed by atoms with Crippen molar-refractivity contribution in [3.63, 3.8) is 0 Å². The van der Waals surface area contributed by atoms with Gasteiger partial charge in [0.2, 0.25) is 0 Å². The molecule has 51 heavy (non-hydrogen) atoms. The van der Waals surface area contributed by atoms with Crippen LogP contribution in [0.4, 0.5) is 5.69 Å². The predicted octanol–water partition coefficient (Wildman–Crippen LogP) is 10.3. The minimum Gasteiger partial charge on any atom is -0.503 e. The van der Waals surface area contributed by atoms with E-state index in [0.717, 1.165) is 61.3 Å². The third-order valence-electron chi connectivity index (χ3n) is 9.48. The Morgan fingerprint density at radius 1 is 0.706 bits per heavy atom. The van der Waals surface area contributed by atoms with Gasteiger partial charge >= 0.3 is 28.0 Å². The smallest absolute Gasteiger partial charge is 0.503 e. The molecule has 0 amide bonds. The molecule has 248 valence electrons. The molecule has 0 atom stereocenters. The molecule has 0 saturated carbocycles. The second-order valence-electron chi connectivity index (χ2n) is 13.7. The van der Waals surface area contributed by atoms with Gasteiger partial charge in [-0.25, -0.2) is 4.98 Å². The van der Waals surface area contributed by atoms with Crippen molar-refractivity contribution >= 4 is 40.2 Å². The van der Waals surface area contributed by atoms with E-state index < -0.39 is 0 Å². The fraction of sp³-hybridized carbons (Fsp3) is 0.0909. The van der Waals surface area contributed by atoms with Gasteiger partial charge in [0.25, 0.3) is 0 Å². The largest absolute Gasteiger partial charge is 2.00 e. The number of aromatic nitrogens is 2. The summed E-state index contributed by atoms with van der Waals surface area (Å²) in [7, 11) is 0. The Morgan fingerprint density at radius 3 is 2.33 bits per heavy atom. The molecule has 7 aromatic rings. The maximum Gasteiger partial charge on any atom is 2.00 e. The summed E-state index contributed by atoms with van der Waals surface area (Å²) in [4.78, 5) is 12.4. The van der Waals surface area contributed by atoms with Crippen molar-refractivity contribution < 1.29 is 25.8 Å². The molecule has 5 nitrogen and oxygen atoms in total. The average Bonchev–Trinajstić information content (AvgIpc) is 3.47. The summed E-state index contributed by atoms with van der Waals surface area (Å²) in [6.07, 6.45) is 8.11. The number of rotatable bonds is 4. The number of para-hydroxylation sites is 2. The van der Waals surface area contributed by atoms with E-state index in [9.17, 15) is 0 Å². The van der Waals surface area contributed by atoms with Crippen LogP contribution in [0.3, 0.4) is 0 Å². The molecule has 7 heteroatoms. The molecule has 2 aliphatic heterocycles. The molecule has 0 unspecified atom stereocenters. The quantitative estimate of drug-likeness (QED) is 0.131. The fourth-order valence-electron chi connectivity index (χ4n) is 7.03. The Morgan fingerprint density at radius 2 is 1.47 bits per heavy atom. The summed E-state index contributed by atoms with van der Waals surface area (Å²) in [5.74, 6) is 4.17. The van der Waals surface area contributed by atoms with Crippen molar-refractivity contribution in [3.8, 4) is 28.4 Å². The summed E-state index contributed by atoms with van der Waals surface area (Å²) in [5, 5.41) is 2.23. The zero-order chi connectivity index (χ0) is 33.8. The van der Waals surface area contributed by atoms with Crippen molar-refractivity contribution in [1.82, 2.24) is 9.55 Å². The predicted molar refractivity (Wildman–Crippen MR) is 205 cm³/mol. The Labute approximate surface area is 313 Å². The Kier molecular flexibility index (Phi) is 8.36. The van der Waals surface area contributed by atoms with Crippen LogP contribution in [0.25, 0.3) is 38.8 Å². The van der Waals surface area contributed by atoms with Gasteiger partial charge in [-0.1, -0.05) is 105 Å². The summed E-state index contributed by atoms with van der Waals surface area (Å²) >= 11 is 0. The van der Waals surface area contributed by atoms with Gasteiger partial charge in [-0.05, 0) is 69.7 Å². The van der Waals surface area contributed by atoms with Gasteiger partial charge in [0.1, 0.15) is 5.82 Å². The number of ether oxygens (including phenoxy) is 1. The standard InChI is InChI=1S/C44H33BN4O.Pt/c1-44(2,3)31-23-25-46-42(28-31)49-40-20-9-7-17-36(40)37-22-21-33(29-41(37)49)50-32-14-12-13-30(27-32)43-38-18-5-4-15-34(38)35-16-6-8-19-39(35)48-26-11-10-24-45(48)47-43;/h4-26,28H,1-3H3;/q-2;+2/b47-43-;. The molecule has 4 heterocycles. The third-order valence-corrected chi connectivity index (χ3v) is 9.48. The van der Waals surface area contributed by atoms with Gasteiger partial charge in [-0.3, -0.25) is 0 Å². The Hall–Kier alpha value is -5.45. The molecule has 0 radical (unpaired) electrons. The van der Waals surface area contributed by atoms with E-state index in [1.165, 1.54) is 5.56 Å². The van der Waals surface area contributed by atoms with Crippen molar-refractivity contribution in [1.29, 1.82) is 0 Å². The van der Waals surface area contributed by atoms with E-state index in [1.807, 2.05) is 24.4 Å². The Balaban J connectivity index is 0.00000374. The van der Waals surface area contributed by atoms with Gasteiger partial charge in [-0.15, -0.1) is 41.3 Å². The fourth-order valence-corrected chi connectivity index (χ4v) is 7.03. The summed E-state index contributed by atoms with van der Waals surface area (Å²) in [6, 6.07) is 46.9. The van der Waals surface area contributed by atoms with Crippen LogP contribution in [0.15, 0.2) is 151 Å². The molecule has 0 fully saturated rings. The van der Waals surface area contributed by atoms with Gasteiger partial charge in [0, 0.05) is 34.5 Å². The summed E-state index contributed by atoms with van der Waals surface area (Å²) < 4.78 is 8.74. The molecule has 0 aliphatic carbocycles. The van der Waals surface area contributed by atoms with E-state index in [-0.39, 0.29) is 33.5 Å². The number of anilines is 1. The molecule has 0 spiro atoms. The number of hydrogen-bond donors (Lipinski definition) is 0. The van der Waals surface area contributed by atoms with Gasteiger partial charge < -0.3 is 19.0 Å². The zero-order valence-electron chi connectivity index (χ0n) is 28.4. The maximum absolute atomic E-state index is 6.55. The first-order valence-corrected chi connectivity index (χ1v) is 17.0. The second-order valence-corrected chi connectivity index (χ2v) is 13.7. The number of fused-ring (bicyclic) bond motifs is 8. The first-order valence-electron chi connectivity index (χ1n) is 17.0. The maximum atomic E-state index is 6.55. The average molecular weight is 840 g/mol. The van der Waals surface area contributed by atoms with Crippen LogP contribution in [0.5, 0.6) is 11.5 Å². The van der Waals surface area contributed by atoms with Gasteiger partial charge in [0.15, 0.2) is 0 Å². The second kappa shape index (κ2) is 13.0. The van der Waals surface area contributed by atoms with Crippen LogP contribution >= 0.6 is 0 Å². The SMILES string of the molecule is CC(C)(C)c1ccnc(-n2c3[c-]c(Oc4[c-]c(/C5=N/B6C=CC=CN6c6ccccc6-c6ccccc65)ccc4)ccc3c3ccccc32)c1.[Pt+2]. The number of pyridine rings is 1. The molecule has 9 rings (SSSR count). The van der Waals surface area contributed by atoms with Crippen LogP contribution < -0.4 is 9.55 Å². The van der Waals surface area contributed by atoms with Crippen molar-refractivity contribution in [2.24, 2.45) is 4.90 Å². The minimum atomic E-state index is -0.203. The molecule has 0 saturated heterocycles. The van der Waals surface area contributed by atoms with E-state index in [0.29, 0.717) is 11.5 Å². The molecule has 0 bridgehead atoms. The van der Waals surface area contributed by atoms with Crippen molar-refractivity contribution in [2.45, 2.75) is 26.2 Å². The third kappa shape index (κ3) is 5.84. The molecule has 5 aromatic carbocycles. The van der Waals surface area contributed by atoms with E-state index in [1.54, 1.807) is 0 Å². The number of benzene rings is 5. The first kappa shape index (κ1) is 32.7. The topological polar surface area (TPSA) is 42.6 Å².